The van der Waals surface area contributed by atoms with Crippen LogP contribution >= 0.6 is 22.6 Å². The van der Waals surface area contributed by atoms with Crippen LogP contribution in [-0.4, -0.2) is 49.7 Å². The molecule has 1 aliphatic carbocycles. The first-order valence-corrected chi connectivity index (χ1v) is 12.3. The van der Waals surface area contributed by atoms with Crippen molar-refractivity contribution in [1.82, 2.24) is 0 Å². The predicted octanol–water partition coefficient (Wildman–Crippen LogP) is 4.63. The quantitative estimate of drug-likeness (QED) is 0.507. The number of aromatic hydroxyl groups is 1. The monoisotopic (exact) mass is 572 g/mol. The van der Waals surface area contributed by atoms with E-state index in [1.54, 1.807) is 30.3 Å². The summed E-state index contributed by atoms with van der Waals surface area (Å²) in [7, 11) is 0. The highest BCUT2D eigenvalue weighted by atomic mass is 127. The third-order valence-corrected chi connectivity index (χ3v) is 7.02. The summed E-state index contributed by atoms with van der Waals surface area (Å²) < 4.78 is 50.4. The maximum absolute atomic E-state index is 14.9. The highest BCUT2D eigenvalue weighted by Gasteiger charge is 2.44. The van der Waals surface area contributed by atoms with E-state index >= 15 is 0 Å². The molecular formula is C24H26FIO7. The minimum absolute atomic E-state index is 0.0130. The number of fused-ring (bicyclic) bond motifs is 1. The van der Waals surface area contributed by atoms with Crippen molar-refractivity contribution in [3.05, 3.63) is 45.8 Å². The Labute approximate surface area is 205 Å². The van der Waals surface area contributed by atoms with Crippen LogP contribution in [0.15, 0.2) is 36.4 Å². The smallest absolute Gasteiger partial charge is 0.223 e. The molecule has 2 heterocycles. The van der Waals surface area contributed by atoms with Crippen molar-refractivity contribution in [1.29, 1.82) is 0 Å². The summed E-state index contributed by atoms with van der Waals surface area (Å²) in [6.45, 7) is 1.30. The first-order valence-electron chi connectivity index (χ1n) is 11.2. The van der Waals surface area contributed by atoms with Gasteiger partial charge in [0.1, 0.15) is 30.0 Å². The van der Waals surface area contributed by atoms with E-state index in [-0.39, 0.29) is 29.6 Å². The number of phenolic OH excluding ortho intramolecular Hbond substituents is 1. The molecule has 178 valence electrons. The standard InChI is InChI=1S/C24H26FIO7/c25-17-10-14(31-24-13-28-8-9-29-24)5-7-21(17)32-22-12-23(33-20-3-1-2-16(20)22)30-15-4-6-19(27)18(26)11-15/h4-7,10-11,16,20,22-24,27H,1-3,8-9,12-13H2. The molecular weight excluding hydrogens is 546 g/mol. The predicted molar refractivity (Wildman–Crippen MR) is 124 cm³/mol. The molecule has 3 aliphatic rings. The van der Waals surface area contributed by atoms with Gasteiger partial charge in [-0.15, -0.1) is 0 Å². The maximum Gasteiger partial charge on any atom is 0.223 e. The molecule has 3 fully saturated rings. The van der Waals surface area contributed by atoms with Crippen molar-refractivity contribution in [3.63, 3.8) is 0 Å². The Bertz CT molecular complexity index is 968. The number of hydrogen-bond acceptors (Lipinski definition) is 7. The van der Waals surface area contributed by atoms with Gasteiger partial charge >= 0.3 is 0 Å². The lowest BCUT2D eigenvalue weighted by Gasteiger charge is -2.38. The van der Waals surface area contributed by atoms with E-state index in [0.29, 0.717) is 41.3 Å². The lowest BCUT2D eigenvalue weighted by atomic mass is 9.93. The molecule has 0 amide bonds. The lowest BCUT2D eigenvalue weighted by Crippen LogP contribution is -2.46. The Balaban J connectivity index is 1.26. The van der Waals surface area contributed by atoms with Crippen molar-refractivity contribution in [2.75, 3.05) is 19.8 Å². The van der Waals surface area contributed by atoms with E-state index in [9.17, 15) is 9.50 Å². The fourth-order valence-corrected chi connectivity index (χ4v) is 5.07. The lowest BCUT2D eigenvalue weighted by molar-refractivity contribution is -0.189. The molecule has 1 N–H and O–H groups in total. The molecule has 2 aromatic rings. The summed E-state index contributed by atoms with van der Waals surface area (Å²) in [6, 6.07) is 9.63. The van der Waals surface area contributed by atoms with E-state index in [2.05, 4.69) is 0 Å². The third-order valence-electron chi connectivity index (χ3n) is 6.15. The van der Waals surface area contributed by atoms with Crippen molar-refractivity contribution in [3.8, 4) is 23.0 Å². The van der Waals surface area contributed by atoms with Crippen LogP contribution in [-0.2, 0) is 14.2 Å². The summed E-state index contributed by atoms with van der Waals surface area (Å²) in [4.78, 5) is 0. The van der Waals surface area contributed by atoms with Crippen LogP contribution in [0.5, 0.6) is 23.0 Å². The number of rotatable bonds is 6. The van der Waals surface area contributed by atoms with Gasteiger partial charge in [-0.05, 0) is 65.8 Å². The van der Waals surface area contributed by atoms with E-state index in [1.165, 1.54) is 6.07 Å². The number of phenols is 1. The Morgan fingerprint density at radius 3 is 2.58 bits per heavy atom. The second-order valence-electron chi connectivity index (χ2n) is 8.41. The molecule has 0 bridgehead atoms. The molecule has 7 nitrogen and oxygen atoms in total. The molecule has 33 heavy (non-hydrogen) atoms. The van der Waals surface area contributed by atoms with Gasteiger partial charge in [0.25, 0.3) is 0 Å². The Hall–Kier alpha value is -1.82. The molecule has 2 saturated heterocycles. The van der Waals surface area contributed by atoms with Gasteiger partial charge in [-0.3, -0.25) is 0 Å². The zero-order valence-electron chi connectivity index (χ0n) is 18.0. The zero-order valence-corrected chi connectivity index (χ0v) is 20.1. The molecule has 0 spiro atoms. The van der Waals surface area contributed by atoms with Crippen molar-refractivity contribution < 1.29 is 37.9 Å². The highest BCUT2D eigenvalue weighted by Crippen LogP contribution is 2.41. The van der Waals surface area contributed by atoms with Gasteiger partial charge in [-0.2, -0.15) is 0 Å². The summed E-state index contributed by atoms with van der Waals surface area (Å²) >= 11 is 2.05. The molecule has 5 atom stereocenters. The molecule has 2 aliphatic heterocycles. The number of ether oxygens (including phenoxy) is 6. The van der Waals surface area contributed by atoms with Gasteiger partial charge in [0.2, 0.25) is 12.6 Å². The fraction of sp³-hybridized carbons (Fsp3) is 0.500. The van der Waals surface area contributed by atoms with Crippen LogP contribution < -0.4 is 14.2 Å². The van der Waals surface area contributed by atoms with Crippen molar-refractivity contribution in [2.24, 2.45) is 5.92 Å². The van der Waals surface area contributed by atoms with Crippen molar-refractivity contribution in [2.45, 2.75) is 50.5 Å². The van der Waals surface area contributed by atoms with Gasteiger partial charge in [0, 0.05) is 18.4 Å². The van der Waals surface area contributed by atoms with E-state index in [4.69, 9.17) is 28.4 Å². The first kappa shape index (κ1) is 22.9. The molecule has 9 heteroatoms. The van der Waals surface area contributed by atoms with Crippen LogP contribution in [0, 0.1) is 15.3 Å². The van der Waals surface area contributed by atoms with Gasteiger partial charge in [0.15, 0.2) is 11.6 Å². The zero-order chi connectivity index (χ0) is 22.8. The van der Waals surface area contributed by atoms with Crippen LogP contribution in [0.2, 0.25) is 0 Å². The third kappa shape index (κ3) is 5.47. The Morgan fingerprint density at radius 2 is 1.79 bits per heavy atom. The second-order valence-corrected chi connectivity index (χ2v) is 9.57. The van der Waals surface area contributed by atoms with Gasteiger partial charge in [0.05, 0.1) is 22.9 Å². The SMILES string of the molecule is Oc1ccc(OC2CC(Oc3ccc(OC4COCCO4)cc3F)C3CCCC3O2)cc1I. The molecule has 0 aromatic heterocycles. The summed E-state index contributed by atoms with van der Waals surface area (Å²) in [5, 5.41) is 9.74. The number of benzene rings is 2. The van der Waals surface area contributed by atoms with Gasteiger partial charge in [-0.1, -0.05) is 6.42 Å². The van der Waals surface area contributed by atoms with Crippen LogP contribution in [0.25, 0.3) is 0 Å². The topological polar surface area (TPSA) is 75.6 Å². The molecule has 5 unspecified atom stereocenters. The largest absolute Gasteiger partial charge is 0.507 e. The Kier molecular flexibility index (Phi) is 7.10. The highest BCUT2D eigenvalue weighted by molar-refractivity contribution is 14.1. The number of hydrogen-bond donors (Lipinski definition) is 1. The summed E-state index contributed by atoms with van der Waals surface area (Å²) in [5.41, 5.74) is 0. The van der Waals surface area contributed by atoms with E-state index < -0.39 is 18.4 Å². The Morgan fingerprint density at radius 1 is 0.970 bits per heavy atom. The molecule has 1 saturated carbocycles. The summed E-state index contributed by atoms with van der Waals surface area (Å²) in [6.07, 6.45) is 2.14. The fourth-order valence-electron chi connectivity index (χ4n) is 4.59. The van der Waals surface area contributed by atoms with E-state index in [0.717, 1.165) is 19.3 Å². The molecule has 2 aromatic carbocycles. The van der Waals surface area contributed by atoms with Gasteiger partial charge in [-0.25, -0.2) is 4.39 Å². The van der Waals surface area contributed by atoms with Crippen molar-refractivity contribution >= 4 is 22.6 Å². The summed E-state index contributed by atoms with van der Waals surface area (Å²) in [5.74, 6) is 1.06. The van der Waals surface area contributed by atoms with Crippen LogP contribution in [0.1, 0.15) is 25.7 Å². The second kappa shape index (κ2) is 10.2. The average Bonchev–Trinajstić information content (AvgIpc) is 3.28. The number of halogens is 2. The van der Waals surface area contributed by atoms with Crippen LogP contribution in [0.3, 0.4) is 0 Å². The minimum atomic E-state index is -0.541. The van der Waals surface area contributed by atoms with Crippen LogP contribution in [0.4, 0.5) is 4.39 Å². The first-order chi connectivity index (χ1) is 16.0. The normalized spacial score (nSPS) is 29.3. The van der Waals surface area contributed by atoms with E-state index in [1.807, 2.05) is 22.6 Å². The average molecular weight is 572 g/mol. The molecule has 0 radical (unpaired) electrons. The molecule has 5 rings (SSSR count). The maximum atomic E-state index is 14.9. The van der Waals surface area contributed by atoms with Gasteiger partial charge < -0.3 is 33.5 Å². The minimum Gasteiger partial charge on any atom is -0.507 e.